The van der Waals surface area contributed by atoms with Crippen molar-refractivity contribution in [2.75, 3.05) is 23.8 Å². The molecule has 2 aromatic rings. The first-order valence-corrected chi connectivity index (χ1v) is 12.3. The van der Waals surface area contributed by atoms with Crippen molar-refractivity contribution in [1.29, 1.82) is 0 Å². The first-order valence-electron chi connectivity index (χ1n) is 12.3. The second-order valence-electron chi connectivity index (χ2n) is 10.1. The van der Waals surface area contributed by atoms with Crippen LogP contribution in [0.4, 0.5) is 11.4 Å². The number of aryl methyl sites for hydroxylation is 1. The maximum atomic E-state index is 13.5. The van der Waals surface area contributed by atoms with Gasteiger partial charge in [-0.05, 0) is 79.7 Å². The number of fused-ring (bicyclic) bond motifs is 4. The first-order chi connectivity index (χ1) is 16.9. The van der Waals surface area contributed by atoms with E-state index in [-0.39, 0.29) is 17.7 Å². The Morgan fingerprint density at radius 2 is 2.03 bits per heavy atom. The Morgan fingerprint density at radius 1 is 1.20 bits per heavy atom. The SMILES string of the molecule is Cn1nccc1C(=O)NC(C(=O)Nc1ccc2c(c1)NC(=O)C21CCOCC1)=C1C[C@H]2CC[C@@H]1C2. The van der Waals surface area contributed by atoms with Crippen LogP contribution in [0.25, 0.3) is 0 Å². The molecule has 9 heteroatoms. The molecule has 0 unspecified atom stereocenters. The van der Waals surface area contributed by atoms with Crippen LogP contribution in [0, 0.1) is 11.8 Å². The highest BCUT2D eigenvalue weighted by molar-refractivity contribution is 6.10. The number of amides is 3. The Bertz CT molecular complexity index is 1260. The van der Waals surface area contributed by atoms with E-state index in [9.17, 15) is 14.4 Å². The Kier molecular flexibility index (Phi) is 5.25. The molecule has 2 saturated carbocycles. The highest BCUT2D eigenvalue weighted by Gasteiger charge is 2.47. The normalized spacial score (nSPS) is 25.3. The molecule has 0 radical (unpaired) electrons. The highest BCUT2D eigenvalue weighted by Crippen LogP contribution is 2.49. The predicted molar refractivity (Wildman–Crippen MR) is 129 cm³/mol. The average molecular weight is 476 g/mol. The lowest BCUT2D eigenvalue weighted by Crippen LogP contribution is -2.39. The zero-order valence-electron chi connectivity index (χ0n) is 19.7. The van der Waals surface area contributed by atoms with E-state index < -0.39 is 5.41 Å². The molecule has 2 bridgehead atoms. The summed E-state index contributed by atoms with van der Waals surface area (Å²) < 4.78 is 6.97. The topological polar surface area (TPSA) is 114 Å². The Hall–Kier alpha value is -3.46. The summed E-state index contributed by atoms with van der Waals surface area (Å²) in [5.74, 6) is 0.214. The highest BCUT2D eigenvalue weighted by atomic mass is 16.5. The molecule has 3 amide bonds. The number of carbonyl (C=O) groups is 3. The molecule has 1 spiro atoms. The van der Waals surface area contributed by atoms with E-state index in [1.807, 2.05) is 12.1 Å². The van der Waals surface area contributed by atoms with Gasteiger partial charge in [0.05, 0.1) is 5.41 Å². The standard InChI is InChI=1S/C26H29N5O4/c1-31-21(6-9-27-31)23(32)30-22(18-13-15-2-3-16(18)12-15)24(33)28-17-4-5-19-20(14-17)29-25(34)26(19)7-10-35-11-8-26/h4-6,9,14-16H,2-3,7-8,10-13H2,1H3,(H,28,33)(H,29,34)(H,30,32)/t15-,16+/m0/s1. The molecule has 3 fully saturated rings. The smallest absolute Gasteiger partial charge is 0.274 e. The van der Waals surface area contributed by atoms with Crippen LogP contribution in [0.5, 0.6) is 0 Å². The second-order valence-corrected chi connectivity index (χ2v) is 10.1. The molecule has 3 heterocycles. The van der Waals surface area contributed by atoms with Gasteiger partial charge in [-0.1, -0.05) is 6.07 Å². The van der Waals surface area contributed by atoms with Gasteiger partial charge in [-0.25, -0.2) is 0 Å². The average Bonchev–Trinajstić information content (AvgIpc) is 3.63. The van der Waals surface area contributed by atoms with Crippen LogP contribution >= 0.6 is 0 Å². The quantitative estimate of drug-likeness (QED) is 0.589. The van der Waals surface area contributed by atoms with Gasteiger partial charge in [0.15, 0.2) is 0 Å². The molecule has 1 saturated heterocycles. The van der Waals surface area contributed by atoms with Crippen molar-refractivity contribution < 1.29 is 19.1 Å². The van der Waals surface area contributed by atoms with Crippen molar-refractivity contribution in [2.45, 2.75) is 43.9 Å². The van der Waals surface area contributed by atoms with E-state index in [1.54, 1.807) is 25.4 Å². The number of ether oxygens (including phenoxy) is 1. The van der Waals surface area contributed by atoms with E-state index in [4.69, 9.17) is 4.74 Å². The summed E-state index contributed by atoms with van der Waals surface area (Å²) in [6.45, 7) is 1.11. The summed E-state index contributed by atoms with van der Waals surface area (Å²) in [5, 5.41) is 12.9. The molecule has 3 N–H and O–H groups in total. The lowest BCUT2D eigenvalue weighted by molar-refractivity contribution is -0.124. The minimum Gasteiger partial charge on any atom is -0.381 e. The molecule has 4 aliphatic rings. The van der Waals surface area contributed by atoms with Gasteiger partial charge in [0.25, 0.3) is 11.8 Å². The zero-order chi connectivity index (χ0) is 24.2. The van der Waals surface area contributed by atoms with Gasteiger partial charge in [-0.2, -0.15) is 5.10 Å². The third kappa shape index (κ3) is 3.65. The van der Waals surface area contributed by atoms with Crippen LogP contribution in [0.2, 0.25) is 0 Å². The third-order valence-electron chi connectivity index (χ3n) is 8.21. The molecule has 2 atom stereocenters. The maximum Gasteiger partial charge on any atom is 0.274 e. The lowest BCUT2D eigenvalue weighted by atomic mass is 9.75. The number of carbonyl (C=O) groups excluding carboxylic acids is 3. The summed E-state index contributed by atoms with van der Waals surface area (Å²) >= 11 is 0. The molecular weight excluding hydrogens is 446 g/mol. The Morgan fingerprint density at radius 3 is 2.71 bits per heavy atom. The van der Waals surface area contributed by atoms with E-state index >= 15 is 0 Å². The van der Waals surface area contributed by atoms with Crippen LogP contribution in [0.15, 0.2) is 41.7 Å². The van der Waals surface area contributed by atoms with Gasteiger partial charge in [-0.3, -0.25) is 19.1 Å². The van der Waals surface area contributed by atoms with E-state index in [0.717, 1.165) is 36.1 Å². The molecule has 1 aromatic carbocycles. The van der Waals surface area contributed by atoms with Gasteiger partial charge in [0.2, 0.25) is 5.91 Å². The van der Waals surface area contributed by atoms with E-state index in [0.29, 0.717) is 55.0 Å². The van der Waals surface area contributed by atoms with Crippen molar-refractivity contribution in [1.82, 2.24) is 15.1 Å². The summed E-state index contributed by atoms with van der Waals surface area (Å²) in [6.07, 6.45) is 7.00. The molecule has 9 nitrogen and oxygen atoms in total. The predicted octanol–water partition coefficient (Wildman–Crippen LogP) is 2.86. The molecule has 2 aliphatic heterocycles. The van der Waals surface area contributed by atoms with Gasteiger partial charge >= 0.3 is 0 Å². The van der Waals surface area contributed by atoms with Crippen molar-refractivity contribution >= 4 is 29.1 Å². The molecule has 35 heavy (non-hydrogen) atoms. The Balaban J connectivity index is 1.27. The van der Waals surface area contributed by atoms with E-state index in [2.05, 4.69) is 21.0 Å². The minimum atomic E-state index is -0.552. The molecule has 2 aliphatic carbocycles. The van der Waals surface area contributed by atoms with Crippen LogP contribution < -0.4 is 16.0 Å². The van der Waals surface area contributed by atoms with Gasteiger partial charge in [-0.15, -0.1) is 0 Å². The minimum absolute atomic E-state index is 0.00694. The molecule has 6 rings (SSSR count). The number of hydrogen-bond acceptors (Lipinski definition) is 5. The zero-order valence-corrected chi connectivity index (χ0v) is 19.7. The van der Waals surface area contributed by atoms with Crippen molar-refractivity contribution in [3.05, 3.63) is 53.0 Å². The lowest BCUT2D eigenvalue weighted by Gasteiger charge is -2.31. The van der Waals surface area contributed by atoms with Gasteiger partial charge in [0, 0.05) is 37.8 Å². The third-order valence-corrected chi connectivity index (χ3v) is 8.21. The summed E-state index contributed by atoms with van der Waals surface area (Å²) in [5.41, 5.74) is 3.47. The van der Waals surface area contributed by atoms with Crippen LogP contribution in [0.3, 0.4) is 0 Å². The number of aromatic nitrogens is 2. The number of anilines is 2. The number of nitrogens with one attached hydrogen (secondary N) is 3. The van der Waals surface area contributed by atoms with Gasteiger partial charge in [0.1, 0.15) is 11.4 Å². The fourth-order valence-electron chi connectivity index (χ4n) is 6.33. The fraction of sp³-hybridized carbons (Fsp3) is 0.462. The van der Waals surface area contributed by atoms with Crippen LogP contribution in [0.1, 0.15) is 54.6 Å². The van der Waals surface area contributed by atoms with Gasteiger partial charge < -0.3 is 20.7 Å². The number of nitrogens with zero attached hydrogens (tertiary/aromatic N) is 2. The van der Waals surface area contributed by atoms with E-state index in [1.165, 1.54) is 11.1 Å². The Labute approximate surface area is 203 Å². The number of allylic oxidation sites excluding steroid dienone is 1. The summed E-state index contributed by atoms with van der Waals surface area (Å²) in [6, 6.07) is 7.19. The molecule has 1 aromatic heterocycles. The summed E-state index contributed by atoms with van der Waals surface area (Å²) in [7, 11) is 1.70. The largest absolute Gasteiger partial charge is 0.381 e. The number of benzene rings is 1. The second kappa shape index (κ2) is 8.34. The maximum absolute atomic E-state index is 13.5. The molecular formula is C26H29N5O4. The van der Waals surface area contributed by atoms with Crippen molar-refractivity contribution in [3.8, 4) is 0 Å². The van der Waals surface area contributed by atoms with Crippen molar-refractivity contribution in [3.63, 3.8) is 0 Å². The van der Waals surface area contributed by atoms with Crippen LogP contribution in [-0.4, -0.2) is 40.7 Å². The summed E-state index contributed by atoms with van der Waals surface area (Å²) in [4.78, 5) is 39.3. The first kappa shape index (κ1) is 22.0. The monoisotopic (exact) mass is 475 g/mol. The number of hydrogen-bond donors (Lipinski definition) is 3. The van der Waals surface area contributed by atoms with Crippen LogP contribution in [-0.2, 0) is 26.8 Å². The van der Waals surface area contributed by atoms with Crippen molar-refractivity contribution in [2.24, 2.45) is 18.9 Å². The molecule has 182 valence electrons. The fourth-order valence-corrected chi connectivity index (χ4v) is 6.33. The number of rotatable bonds is 4.